The van der Waals surface area contributed by atoms with Gasteiger partial charge in [-0.2, -0.15) is 0 Å². The Hall–Kier alpha value is -2.60. The zero-order chi connectivity index (χ0) is 17.8. The first-order valence-electron chi connectivity index (χ1n) is 8.81. The lowest BCUT2D eigenvalue weighted by Gasteiger charge is -2.14. The first-order valence-corrected chi connectivity index (χ1v) is 9.69. The summed E-state index contributed by atoms with van der Waals surface area (Å²) in [5, 5.41) is 5.59. The summed E-state index contributed by atoms with van der Waals surface area (Å²) in [4.78, 5) is 16.8. The van der Waals surface area contributed by atoms with Gasteiger partial charge in [0, 0.05) is 17.1 Å². The molecule has 1 aliphatic rings. The Bertz CT molecular complexity index is 867. The Balaban J connectivity index is 1.36. The lowest BCUT2D eigenvalue weighted by molar-refractivity contribution is -0.115. The van der Waals surface area contributed by atoms with Gasteiger partial charge in [0.1, 0.15) is 5.75 Å². The van der Waals surface area contributed by atoms with Crippen LogP contribution in [0.15, 0.2) is 52.5 Å². The molecule has 5 nitrogen and oxygen atoms in total. The molecule has 1 saturated carbocycles. The molecule has 2 heterocycles. The maximum absolute atomic E-state index is 12.3. The quantitative estimate of drug-likeness (QED) is 0.672. The molecule has 1 aliphatic carbocycles. The molecule has 1 aromatic carbocycles. The Morgan fingerprint density at radius 1 is 1.27 bits per heavy atom. The molecule has 0 unspecified atom stereocenters. The topological polar surface area (TPSA) is 64.4 Å². The third-order valence-corrected chi connectivity index (χ3v) is 5.25. The monoisotopic (exact) mass is 368 g/mol. The third-order valence-electron chi connectivity index (χ3n) is 4.35. The van der Waals surface area contributed by atoms with E-state index >= 15 is 0 Å². The van der Waals surface area contributed by atoms with Crippen LogP contribution in [0.4, 0.5) is 5.69 Å². The van der Waals surface area contributed by atoms with E-state index < -0.39 is 0 Å². The van der Waals surface area contributed by atoms with Crippen LogP contribution >= 0.6 is 11.3 Å². The molecular weight excluding hydrogens is 348 g/mol. The van der Waals surface area contributed by atoms with Crippen molar-refractivity contribution in [3.8, 4) is 16.5 Å². The van der Waals surface area contributed by atoms with Crippen LogP contribution in [-0.4, -0.2) is 17.0 Å². The van der Waals surface area contributed by atoms with E-state index in [-0.39, 0.29) is 12.3 Å². The van der Waals surface area contributed by atoms with Crippen molar-refractivity contribution in [1.29, 1.82) is 0 Å². The summed E-state index contributed by atoms with van der Waals surface area (Å²) < 4.78 is 11.3. The van der Waals surface area contributed by atoms with Crippen LogP contribution < -0.4 is 10.1 Å². The van der Waals surface area contributed by atoms with Crippen molar-refractivity contribution in [2.75, 3.05) is 5.32 Å². The zero-order valence-electron chi connectivity index (χ0n) is 14.3. The molecule has 4 rings (SSSR count). The zero-order valence-corrected chi connectivity index (χ0v) is 15.1. The normalized spacial score (nSPS) is 14.5. The maximum atomic E-state index is 12.3. The van der Waals surface area contributed by atoms with Gasteiger partial charge in [0.25, 0.3) is 0 Å². The number of rotatable bonds is 6. The smallest absolute Gasteiger partial charge is 0.230 e. The number of benzene rings is 1. The van der Waals surface area contributed by atoms with Crippen molar-refractivity contribution < 1.29 is 13.9 Å². The molecule has 1 N–H and O–H groups in total. The molecule has 0 bridgehead atoms. The second-order valence-electron chi connectivity index (χ2n) is 6.40. The molecule has 0 radical (unpaired) electrons. The average molecular weight is 368 g/mol. The van der Waals surface area contributed by atoms with E-state index in [4.69, 9.17) is 9.15 Å². The van der Waals surface area contributed by atoms with E-state index in [1.165, 1.54) is 24.2 Å². The molecule has 134 valence electrons. The summed E-state index contributed by atoms with van der Waals surface area (Å²) in [6.45, 7) is 0. The Kier molecular flexibility index (Phi) is 5.02. The summed E-state index contributed by atoms with van der Waals surface area (Å²) in [6.07, 6.45) is 6.82. The van der Waals surface area contributed by atoms with Crippen molar-refractivity contribution in [2.45, 2.75) is 38.2 Å². The van der Waals surface area contributed by atoms with Crippen LogP contribution in [-0.2, 0) is 11.2 Å². The number of thiazole rings is 1. The van der Waals surface area contributed by atoms with Gasteiger partial charge in [0.15, 0.2) is 10.8 Å². The lowest BCUT2D eigenvalue weighted by Crippen LogP contribution is -2.15. The van der Waals surface area contributed by atoms with Gasteiger partial charge >= 0.3 is 0 Å². The molecule has 1 amide bonds. The van der Waals surface area contributed by atoms with E-state index in [2.05, 4.69) is 10.3 Å². The number of anilines is 1. The second-order valence-corrected chi connectivity index (χ2v) is 7.26. The molecule has 0 aliphatic heterocycles. The molecule has 0 spiro atoms. The predicted molar refractivity (Wildman–Crippen MR) is 101 cm³/mol. The van der Waals surface area contributed by atoms with Gasteiger partial charge < -0.3 is 14.5 Å². The molecular formula is C20H20N2O3S. The summed E-state index contributed by atoms with van der Waals surface area (Å²) >= 11 is 1.47. The minimum Gasteiger partial charge on any atom is -0.490 e. The van der Waals surface area contributed by atoms with Gasteiger partial charge in [-0.05, 0) is 49.9 Å². The van der Waals surface area contributed by atoms with E-state index in [9.17, 15) is 4.79 Å². The summed E-state index contributed by atoms with van der Waals surface area (Å²) in [7, 11) is 0. The van der Waals surface area contributed by atoms with Crippen molar-refractivity contribution in [1.82, 2.24) is 4.98 Å². The standard InChI is InChI=1S/C20H20N2O3S/c23-19(12-15-13-26-20(22-15)18-9-4-10-24-18)21-14-5-3-8-17(11-14)25-16-6-1-2-7-16/h3-5,8-11,13,16H,1-2,6-7,12H2,(H,21,23). The van der Waals surface area contributed by atoms with Gasteiger partial charge in [-0.25, -0.2) is 4.98 Å². The van der Waals surface area contributed by atoms with E-state index in [0.29, 0.717) is 6.10 Å². The molecule has 1 fully saturated rings. The first-order chi connectivity index (χ1) is 12.8. The van der Waals surface area contributed by atoms with Crippen molar-refractivity contribution in [3.05, 3.63) is 53.7 Å². The van der Waals surface area contributed by atoms with Gasteiger partial charge in [-0.3, -0.25) is 4.79 Å². The van der Waals surface area contributed by atoms with Crippen molar-refractivity contribution >= 4 is 22.9 Å². The van der Waals surface area contributed by atoms with Gasteiger partial charge in [-0.15, -0.1) is 11.3 Å². The number of ether oxygens (including phenoxy) is 1. The number of hydrogen-bond donors (Lipinski definition) is 1. The molecule has 26 heavy (non-hydrogen) atoms. The SMILES string of the molecule is O=C(Cc1csc(-c2ccco2)n1)Nc1cccc(OC2CCCC2)c1. The van der Waals surface area contributed by atoms with Crippen LogP contribution in [0.1, 0.15) is 31.4 Å². The second kappa shape index (κ2) is 7.74. The number of amides is 1. The number of hydrogen-bond acceptors (Lipinski definition) is 5. The lowest BCUT2D eigenvalue weighted by atomic mass is 10.2. The number of carbonyl (C=O) groups is 1. The van der Waals surface area contributed by atoms with Crippen LogP contribution in [0, 0.1) is 0 Å². The molecule has 2 aromatic heterocycles. The number of nitrogens with one attached hydrogen (secondary N) is 1. The largest absolute Gasteiger partial charge is 0.490 e. The minimum atomic E-state index is -0.0979. The predicted octanol–water partition coefficient (Wildman–Crippen LogP) is 4.91. The first kappa shape index (κ1) is 16.8. The van der Waals surface area contributed by atoms with Crippen molar-refractivity contribution in [2.24, 2.45) is 0 Å². The highest BCUT2D eigenvalue weighted by molar-refractivity contribution is 7.13. The number of furan rings is 1. The van der Waals surface area contributed by atoms with Crippen LogP contribution in [0.3, 0.4) is 0 Å². The van der Waals surface area contributed by atoms with Crippen LogP contribution in [0.25, 0.3) is 10.8 Å². The van der Waals surface area contributed by atoms with Gasteiger partial charge in [0.05, 0.1) is 24.5 Å². The number of carbonyl (C=O) groups excluding carboxylic acids is 1. The fourth-order valence-electron chi connectivity index (χ4n) is 3.12. The molecule has 0 saturated heterocycles. The van der Waals surface area contributed by atoms with Crippen LogP contribution in [0.2, 0.25) is 0 Å². The fourth-order valence-corrected chi connectivity index (χ4v) is 3.90. The maximum Gasteiger partial charge on any atom is 0.230 e. The fraction of sp³-hybridized carbons (Fsp3) is 0.300. The van der Waals surface area contributed by atoms with Gasteiger partial charge in [-0.1, -0.05) is 6.07 Å². The highest BCUT2D eigenvalue weighted by Gasteiger charge is 2.17. The molecule has 0 atom stereocenters. The Labute approximate surface area is 156 Å². The Morgan fingerprint density at radius 2 is 2.15 bits per heavy atom. The van der Waals surface area contributed by atoms with E-state index in [1.54, 1.807) is 6.26 Å². The third kappa shape index (κ3) is 4.14. The van der Waals surface area contributed by atoms with Gasteiger partial charge in [0.2, 0.25) is 5.91 Å². The minimum absolute atomic E-state index is 0.0979. The van der Waals surface area contributed by atoms with E-state index in [1.807, 2.05) is 41.8 Å². The average Bonchev–Trinajstić information content (AvgIpc) is 3.37. The highest BCUT2D eigenvalue weighted by atomic mass is 32.1. The highest BCUT2D eigenvalue weighted by Crippen LogP contribution is 2.26. The molecule has 6 heteroatoms. The Morgan fingerprint density at radius 3 is 2.96 bits per heavy atom. The summed E-state index contributed by atoms with van der Waals surface area (Å²) in [5.41, 5.74) is 1.48. The number of aromatic nitrogens is 1. The van der Waals surface area contributed by atoms with Crippen molar-refractivity contribution in [3.63, 3.8) is 0 Å². The number of nitrogens with zero attached hydrogens (tertiary/aromatic N) is 1. The van der Waals surface area contributed by atoms with E-state index in [0.717, 1.165) is 40.7 Å². The molecule has 3 aromatic rings. The van der Waals surface area contributed by atoms with Crippen LogP contribution in [0.5, 0.6) is 5.75 Å². The summed E-state index contributed by atoms with van der Waals surface area (Å²) in [6, 6.07) is 11.3. The summed E-state index contributed by atoms with van der Waals surface area (Å²) in [5.74, 6) is 1.43.